The van der Waals surface area contributed by atoms with E-state index in [1.165, 1.54) is 0 Å². The minimum absolute atomic E-state index is 0.0188. The number of esters is 1. The van der Waals surface area contributed by atoms with Crippen molar-refractivity contribution in [2.75, 3.05) is 0 Å². The summed E-state index contributed by atoms with van der Waals surface area (Å²) >= 11 is 0. The SMILES string of the molecule is CC(C)OC(=O)C1(Cc2ccc(-c3ccccc3)cc2)CCCC1=O. The Hall–Kier alpha value is -2.42. The van der Waals surface area contributed by atoms with Crippen molar-refractivity contribution in [1.82, 2.24) is 0 Å². The topological polar surface area (TPSA) is 43.4 Å². The molecule has 1 aliphatic carbocycles. The van der Waals surface area contributed by atoms with Crippen molar-refractivity contribution in [3.63, 3.8) is 0 Å². The van der Waals surface area contributed by atoms with E-state index in [1.807, 2.05) is 56.3 Å². The number of ether oxygens (including phenoxy) is 1. The van der Waals surface area contributed by atoms with Gasteiger partial charge in [-0.15, -0.1) is 0 Å². The van der Waals surface area contributed by atoms with Gasteiger partial charge in [0, 0.05) is 6.42 Å². The minimum atomic E-state index is -1.00. The number of carbonyl (C=O) groups is 2. The first-order valence-electron chi connectivity index (χ1n) is 8.90. The van der Waals surface area contributed by atoms with E-state index in [0.29, 0.717) is 19.3 Å². The molecule has 1 atom stereocenters. The lowest BCUT2D eigenvalue weighted by molar-refractivity contribution is -0.162. The zero-order valence-corrected chi connectivity index (χ0v) is 14.8. The largest absolute Gasteiger partial charge is 0.462 e. The molecule has 130 valence electrons. The molecule has 0 aromatic heterocycles. The zero-order chi connectivity index (χ0) is 17.9. The van der Waals surface area contributed by atoms with Crippen LogP contribution in [0.1, 0.15) is 38.7 Å². The monoisotopic (exact) mass is 336 g/mol. The number of Topliss-reactive ketones (excluding diaryl/α,β-unsaturated/α-hetero) is 1. The molecule has 1 unspecified atom stereocenters. The second kappa shape index (κ2) is 7.22. The van der Waals surface area contributed by atoms with E-state index in [-0.39, 0.29) is 17.9 Å². The van der Waals surface area contributed by atoms with E-state index in [4.69, 9.17) is 4.74 Å². The van der Waals surface area contributed by atoms with Gasteiger partial charge in [-0.3, -0.25) is 9.59 Å². The molecule has 0 spiro atoms. The summed E-state index contributed by atoms with van der Waals surface area (Å²) in [5.74, 6) is -0.345. The molecule has 3 heteroatoms. The molecule has 3 nitrogen and oxygen atoms in total. The van der Waals surface area contributed by atoms with Gasteiger partial charge in [0.05, 0.1) is 6.10 Å². The van der Waals surface area contributed by atoms with Crippen molar-refractivity contribution in [1.29, 1.82) is 0 Å². The standard InChI is InChI=1S/C22H24O3/c1-16(2)25-21(24)22(14-6-9-20(22)23)15-17-10-12-19(13-11-17)18-7-4-3-5-8-18/h3-5,7-8,10-13,16H,6,9,14-15H2,1-2H3. The van der Waals surface area contributed by atoms with Crippen LogP contribution in [-0.4, -0.2) is 17.9 Å². The van der Waals surface area contributed by atoms with Gasteiger partial charge in [0.15, 0.2) is 5.78 Å². The van der Waals surface area contributed by atoms with Gasteiger partial charge in [0.1, 0.15) is 5.41 Å². The first-order chi connectivity index (χ1) is 12.0. The zero-order valence-electron chi connectivity index (χ0n) is 14.8. The maximum absolute atomic E-state index is 12.6. The van der Waals surface area contributed by atoms with Crippen LogP contribution in [0.25, 0.3) is 11.1 Å². The summed E-state index contributed by atoms with van der Waals surface area (Å²) in [5.41, 5.74) is 2.27. The van der Waals surface area contributed by atoms with Crippen LogP contribution in [0.15, 0.2) is 54.6 Å². The van der Waals surface area contributed by atoms with E-state index in [0.717, 1.165) is 23.1 Å². The van der Waals surface area contributed by atoms with Crippen LogP contribution in [0.4, 0.5) is 0 Å². The Bertz CT molecular complexity index is 747. The van der Waals surface area contributed by atoms with Crippen LogP contribution in [0, 0.1) is 5.41 Å². The lowest BCUT2D eigenvalue weighted by Crippen LogP contribution is -2.40. The number of ketones is 1. The molecule has 0 N–H and O–H groups in total. The summed E-state index contributed by atoms with van der Waals surface area (Å²) in [4.78, 5) is 25.1. The summed E-state index contributed by atoms with van der Waals surface area (Å²) in [7, 11) is 0. The smallest absolute Gasteiger partial charge is 0.320 e. The van der Waals surface area contributed by atoms with Gasteiger partial charge in [-0.25, -0.2) is 0 Å². The van der Waals surface area contributed by atoms with Crippen LogP contribution in [0.2, 0.25) is 0 Å². The highest BCUT2D eigenvalue weighted by Gasteiger charge is 2.50. The molecule has 0 amide bonds. The Morgan fingerprint density at radius 2 is 1.68 bits per heavy atom. The third kappa shape index (κ3) is 3.65. The van der Waals surface area contributed by atoms with Gasteiger partial charge in [-0.2, -0.15) is 0 Å². The van der Waals surface area contributed by atoms with Gasteiger partial charge in [0.2, 0.25) is 0 Å². The van der Waals surface area contributed by atoms with Gasteiger partial charge in [-0.1, -0.05) is 54.6 Å². The average molecular weight is 336 g/mol. The minimum Gasteiger partial charge on any atom is -0.462 e. The third-order valence-corrected chi connectivity index (χ3v) is 4.84. The van der Waals surface area contributed by atoms with E-state index >= 15 is 0 Å². The summed E-state index contributed by atoms with van der Waals surface area (Å²) < 4.78 is 5.41. The Morgan fingerprint density at radius 1 is 1.04 bits per heavy atom. The van der Waals surface area contributed by atoms with Crippen LogP contribution < -0.4 is 0 Å². The van der Waals surface area contributed by atoms with Crippen molar-refractivity contribution >= 4 is 11.8 Å². The van der Waals surface area contributed by atoms with Gasteiger partial charge in [-0.05, 0) is 49.8 Å². The van der Waals surface area contributed by atoms with Crippen LogP contribution >= 0.6 is 0 Å². The Morgan fingerprint density at radius 3 is 2.24 bits per heavy atom. The molecule has 0 aliphatic heterocycles. The van der Waals surface area contributed by atoms with Gasteiger partial charge >= 0.3 is 5.97 Å². The number of hydrogen-bond acceptors (Lipinski definition) is 3. The van der Waals surface area contributed by atoms with Crippen LogP contribution in [0.3, 0.4) is 0 Å². The first-order valence-corrected chi connectivity index (χ1v) is 8.90. The van der Waals surface area contributed by atoms with Crippen molar-refractivity contribution < 1.29 is 14.3 Å². The van der Waals surface area contributed by atoms with Crippen molar-refractivity contribution in [2.24, 2.45) is 5.41 Å². The Kier molecular flexibility index (Phi) is 5.03. The molecular weight excluding hydrogens is 312 g/mol. The second-order valence-electron chi connectivity index (χ2n) is 7.05. The molecule has 0 bridgehead atoms. The molecule has 0 saturated heterocycles. The number of rotatable bonds is 5. The van der Waals surface area contributed by atoms with Crippen molar-refractivity contribution in [3.8, 4) is 11.1 Å². The number of benzene rings is 2. The van der Waals surface area contributed by atoms with Crippen LogP contribution in [-0.2, 0) is 20.7 Å². The van der Waals surface area contributed by atoms with Crippen molar-refractivity contribution in [3.05, 3.63) is 60.2 Å². The van der Waals surface area contributed by atoms with Crippen molar-refractivity contribution in [2.45, 2.75) is 45.6 Å². The van der Waals surface area contributed by atoms with E-state index in [1.54, 1.807) is 0 Å². The highest BCUT2D eigenvalue weighted by Crippen LogP contribution is 2.40. The Labute approximate surface area is 149 Å². The third-order valence-electron chi connectivity index (χ3n) is 4.84. The summed E-state index contributed by atoms with van der Waals surface area (Å²) in [6.45, 7) is 3.64. The van der Waals surface area contributed by atoms with Gasteiger partial charge in [0.25, 0.3) is 0 Å². The van der Waals surface area contributed by atoms with E-state index < -0.39 is 5.41 Å². The molecule has 0 heterocycles. The summed E-state index contributed by atoms with van der Waals surface area (Å²) in [6.07, 6.45) is 2.02. The Balaban J connectivity index is 1.83. The quantitative estimate of drug-likeness (QED) is 0.592. The van der Waals surface area contributed by atoms with Gasteiger partial charge < -0.3 is 4.74 Å². The number of carbonyl (C=O) groups excluding carboxylic acids is 2. The second-order valence-corrected chi connectivity index (χ2v) is 7.05. The highest BCUT2D eigenvalue weighted by atomic mass is 16.5. The van der Waals surface area contributed by atoms with Crippen LogP contribution in [0.5, 0.6) is 0 Å². The molecule has 0 radical (unpaired) electrons. The molecule has 1 fully saturated rings. The average Bonchev–Trinajstić information content (AvgIpc) is 2.97. The fraction of sp³-hybridized carbons (Fsp3) is 0.364. The number of hydrogen-bond donors (Lipinski definition) is 0. The maximum Gasteiger partial charge on any atom is 0.320 e. The lowest BCUT2D eigenvalue weighted by Gasteiger charge is -2.26. The van der Waals surface area contributed by atoms with E-state index in [2.05, 4.69) is 12.1 Å². The molecule has 25 heavy (non-hydrogen) atoms. The molecule has 3 rings (SSSR count). The fourth-order valence-electron chi connectivity index (χ4n) is 3.53. The molecule has 1 saturated carbocycles. The predicted molar refractivity (Wildman–Crippen MR) is 98.1 cm³/mol. The first kappa shape index (κ1) is 17.4. The molecule has 1 aliphatic rings. The maximum atomic E-state index is 12.6. The highest BCUT2D eigenvalue weighted by molar-refractivity contribution is 6.05. The molecule has 2 aromatic carbocycles. The summed E-state index contributed by atoms with van der Waals surface area (Å²) in [6, 6.07) is 18.3. The lowest BCUT2D eigenvalue weighted by atomic mass is 9.79. The fourth-order valence-corrected chi connectivity index (χ4v) is 3.53. The molecule has 2 aromatic rings. The normalized spacial score (nSPS) is 20.0. The molecular formula is C22H24O3. The summed E-state index contributed by atoms with van der Waals surface area (Å²) in [5, 5.41) is 0. The van der Waals surface area contributed by atoms with E-state index in [9.17, 15) is 9.59 Å². The predicted octanol–water partition coefficient (Wildman–Crippen LogP) is 4.59.